The highest BCUT2D eigenvalue weighted by Gasteiger charge is 2.22. The summed E-state index contributed by atoms with van der Waals surface area (Å²) in [5.74, 6) is -0.287. The quantitative estimate of drug-likeness (QED) is 0.843. The molecule has 1 aromatic heterocycles. The number of methoxy groups -OCH3 is 1. The van der Waals surface area contributed by atoms with Gasteiger partial charge in [0.25, 0.3) is 0 Å². The second-order valence-electron chi connectivity index (χ2n) is 5.76. The molecule has 1 atom stereocenters. The molecule has 2 heterocycles. The van der Waals surface area contributed by atoms with E-state index in [1.54, 1.807) is 11.3 Å². The summed E-state index contributed by atoms with van der Waals surface area (Å²) in [6, 6.07) is 7.71. The number of morpholine rings is 1. The summed E-state index contributed by atoms with van der Waals surface area (Å²) in [5, 5.41) is 7.24. The van der Waals surface area contributed by atoms with Crippen LogP contribution in [0.25, 0.3) is 0 Å². The lowest BCUT2D eigenvalue weighted by Gasteiger charge is -2.29. The van der Waals surface area contributed by atoms with E-state index in [0.717, 1.165) is 43.1 Å². The zero-order valence-electron chi connectivity index (χ0n) is 14.0. The summed E-state index contributed by atoms with van der Waals surface area (Å²) < 4.78 is 10.4. The Kier molecular flexibility index (Phi) is 5.37. The van der Waals surface area contributed by atoms with Gasteiger partial charge in [-0.25, -0.2) is 4.79 Å². The molecule has 0 bridgehead atoms. The average Bonchev–Trinajstić information content (AvgIpc) is 3.15. The maximum absolute atomic E-state index is 12.1. The minimum Gasteiger partial charge on any atom is -0.467 e. The topological polar surface area (TPSA) is 50.8 Å². The first-order valence-electron chi connectivity index (χ1n) is 7.99. The molecule has 1 saturated heterocycles. The van der Waals surface area contributed by atoms with E-state index < -0.39 is 6.04 Å². The van der Waals surface area contributed by atoms with Gasteiger partial charge >= 0.3 is 5.97 Å². The molecule has 2 aromatic rings. The van der Waals surface area contributed by atoms with Crippen LogP contribution in [0.15, 0.2) is 35.0 Å². The van der Waals surface area contributed by atoms with Gasteiger partial charge in [0.1, 0.15) is 0 Å². The van der Waals surface area contributed by atoms with E-state index in [2.05, 4.69) is 22.3 Å². The SMILES string of the molecule is COC(=O)C(Nc1ccc(N2CCOCC2)cc1C)c1ccsc1. The molecule has 1 N–H and O–H groups in total. The first-order chi connectivity index (χ1) is 11.7. The van der Waals surface area contributed by atoms with Crippen LogP contribution >= 0.6 is 11.3 Å². The molecule has 1 aliphatic heterocycles. The van der Waals surface area contributed by atoms with Crippen molar-refractivity contribution in [1.29, 1.82) is 0 Å². The predicted molar refractivity (Wildman–Crippen MR) is 96.9 cm³/mol. The van der Waals surface area contributed by atoms with Gasteiger partial charge < -0.3 is 19.7 Å². The summed E-state index contributed by atoms with van der Waals surface area (Å²) >= 11 is 1.57. The number of esters is 1. The Morgan fingerprint density at radius 3 is 2.75 bits per heavy atom. The second kappa shape index (κ2) is 7.68. The number of anilines is 2. The molecule has 128 valence electrons. The molecule has 1 fully saturated rings. The van der Waals surface area contributed by atoms with E-state index in [1.165, 1.54) is 12.8 Å². The summed E-state index contributed by atoms with van der Waals surface area (Å²) in [6.07, 6.45) is 0. The monoisotopic (exact) mass is 346 g/mol. The van der Waals surface area contributed by atoms with E-state index in [1.807, 2.05) is 29.8 Å². The van der Waals surface area contributed by atoms with Gasteiger partial charge in [0, 0.05) is 24.5 Å². The lowest BCUT2D eigenvalue weighted by molar-refractivity contribution is -0.141. The number of carbonyl (C=O) groups is 1. The highest BCUT2D eigenvalue weighted by atomic mass is 32.1. The number of nitrogens with zero attached hydrogens (tertiary/aromatic N) is 1. The fourth-order valence-electron chi connectivity index (χ4n) is 2.82. The molecule has 6 heteroatoms. The molecule has 1 unspecified atom stereocenters. The standard InChI is InChI=1S/C18H22N2O3S/c1-13-11-15(20-6-8-23-9-7-20)3-4-16(13)19-17(18(21)22-2)14-5-10-24-12-14/h3-5,10-12,17,19H,6-9H2,1-2H3. The molecular weight excluding hydrogens is 324 g/mol. The molecule has 0 saturated carbocycles. The van der Waals surface area contributed by atoms with E-state index >= 15 is 0 Å². The van der Waals surface area contributed by atoms with Crippen LogP contribution in [0.1, 0.15) is 17.2 Å². The number of aryl methyl sites for hydroxylation is 1. The molecule has 0 aliphatic carbocycles. The van der Waals surface area contributed by atoms with Crippen LogP contribution in [-0.4, -0.2) is 39.4 Å². The van der Waals surface area contributed by atoms with Crippen molar-refractivity contribution in [2.24, 2.45) is 0 Å². The second-order valence-corrected chi connectivity index (χ2v) is 6.54. The third-order valence-electron chi connectivity index (χ3n) is 4.20. The number of hydrogen-bond donors (Lipinski definition) is 1. The molecule has 1 aliphatic rings. The lowest BCUT2D eigenvalue weighted by atomic mass is 10.1. The minimum atomic E-state index is -0.491. The predicted octanol–water partition coefficient (Wildman–Crippen LogP) is 3.22. The molecule has 0 amide bonds. The van der Waals surface area contributed by atoms with Crippen molar-refractivity contribution in [1.82, 2.24) is 0 Å². The van der Waals surface area contributed by atoms with Gasteiger partial charge in [-0.2, -0.15) is 11.3 Å². The number of rotatable bonds is 5. The van der Waals surface area contributed by atoms with E-state index in [4.69, 9.17) is 9.47 Å². The number of ether oxygens (including phenoxy) is 2. The van der Waals surface area contributed by atoms with Crippen molar-refractivity contribution in [3.05, 3.63) is 46.2 Å². The fraction of sp³-hybridized carbons (Fsp3) is 0.389. The molecular formula is C18H22N2O3S. The summed E-state index contributed by atoms with van der Waals surface area (Å²) in [5.41, 5.74) is 4.15. The van der Waals surface area contributed by atoms with Crippen LogP contribution < -0.4 is 10.2 Å². The Labute approximate surface area is 146 Å². The number of benzene rings is 1. The lowest BCUT2D eigenvalue weighted by Crippen LogP contribution is -2.36. The van der Waals surface area contributed by atoms with Crippen LogP contribution in [0, 0.1) is 6.92 Å². The van der Waals surface area contributed by atoms with Crippen LogP contribution in [0.2, 0.25) is 0 Å². The van der Waals surface area contributed by atoms with E-state index in [0.29, 0.717) is 0 Å². The normalized spacial score (nSPS) is 15.8. The maximum atomic E-state index is 12.1. The van der Waals surface area contributed by atoms with Crippen LogP contribution in [0.4, 0.5) is 11.4 Å². The Balaban J connectivity index is 1.79. The summed E-state index contributed by atoms with van der Waals surface area (Å²) in [7, 11) is 1.41. The van der Waals surface area contributed by atoms with Crippen LogP contribution in [0.5, 0.6) is 0 Å². The molecule has 24 heavy (non-hydrogen) atoms. The van der Waals surface area contributed by atoms with Crippen LogP contribution in [0.3, 0.4) is 0 Å². The first-order valence-corrected chi connectivity index (χ1v) is 8.93. The van der Waals surface area contributed by atoms with Crippen molar-refractivity contribution in [2.75, 3.05) is 43.6 Å². The Hall–Kier alpha value is -2.05. The molecule has 0 radical (unpaired) electrons. The third-order valence-corrected chi connectivity index (χ3v) is 4.90. The van der Waals surface area contributed by atoms with Gasteiger partial charge in [-0.3, -0.25) is 0 Å². The zero-order chi connectivity index (χ0) is 16.9. The van der Waals surface area contributed by atoms with Crippen molar-refractivity contribution in [2.45, 2.75) is 13.0 Å². The van der Waals surface area contributed by atoms with Crippen molar-refractivity contribution >= 4 is 28.7 Å². The smallest absolute Gasteiger partial charge is 0.333 e. The van der Waals surface area contributed by atoms with Crippen molar-refractivity contribution < 1.29 is 14.3 Å². The number of nitrogens with one attached hydrogen (secondary N) is 1. The molecule has 3 rings (SSSR count). The average molecular weight is 346 g/mol. The van der Waals surface area contributed by atoms with Gasteiger partial charge in [-0.15, -0.1) is 0 Å². The van der Waals surface area contributed by atoms with Crippen molar-refractivity contribution in [3.8, 4) is 0 Å². The van der Waals surface area contributed by atoms with Gasteiger partial charge in [-0.1, -0.05) is 0 Å². The summed E-state index contributed by atoms with van der Waals surface area (Å²) in [6.45, 7) is 5.40. The van der Waals surface area contributed by atoms with E-state index in [9.17, 15) is 4.79 Å². The highest BCUT2D eigenvalue weighted by molar-refractivity contribution is 7.08. The largest absolute Gasteiger partial charge is 0.467 e. The van der Waals surface area contributed by atoms with Gasteiger partial charge in [0.2, 0.25) is 0 Å². The maximum Gasteiger partial charge on any atom is 0.333 e. The minimum absolute atomic E-state index is 0.287. The van der Waals surface area contributed by atoms with Crippen LogP contribution in [-0.2, 0) is 14.3 Å². The fourth-order valence-corrected chi connectivity index (χ4v) is 3.51. The first kappa shape index (κ1) is 16.8. The molecule has 1 aromatic carbocycles. The number of carbonyl (C=O) groups excluding carboxylic acids is 1. The Morgan fingerprint density at radius 2 is 2.12 bits per heavy atom. The third kappa shape index (κ3) is 3.71. The van der Waals surface area contributed by atoms with Gasteiger partial charge in [-0.05, 0) is 53.1 Å². The van der Waals surface area contributed by atoms with Crippen molar-refractivity contribution in [3.63, 3.8) is 0 Å². The Bertz CT molecular complexity index is 682. The van der Waals surface area contributed by atoms with Gasteiger partial charge in [0.05, 0.1) is 20.3 Å². The summed E-state index contributed by atoms with van der Waals surface area (Å²) in [4.78, 5) is 14.5. The highest BCUT2D eigenvalue weighted by Crippen LogP contribution is 2.28. The number of hydrogen-bond acceptors (Lipinski definition) is 6. The van der Waals surface area contributed by atoms with Gasteiger partial charge in [0.15, 0.2) is 6.04 Å². The molecule has 5 nitrogen and oxygen atoms in total. The number of thiophene rings is 1. The Morgan fingerprint density at radius 1 is 1.33 bits per heavy atom. The zero-order valence-corrected chi connectivity index (χ0v) is 14.8. The molecule has 0 spiro atoms. The van der Waals surface area contributed by atoms with E-state index in [-0.39, 0.29) is 5.97 Å².